The van der Waals surface area contributed by atoms with Crippen molar-refractivity contribution in [3.05, 3.63) is 0 Å². The van der Waals surface area contributed by atoms with Gasteiger partial charge >= 0.3 is 21.5 Å². The molecule has 1 aliphatic heterocycles. The lowest BCUT2D eigenvalue weighted by molar-refractivity contribution is -0.156. The number of rotatable bonds is 4. The lowest BCUT2D eigenvalue weighted by atomic mass is 9.85. The third kappa shape index (κ3) is 3.92. The van der Waals surface area contributed by atoms with E-state index in [0.29, 0.717) is 10.7 Å². The van der Waals surface area contributed by atoms with E-state index in [0.717, 1.165) is 0 Å². The van der Waals surface area contributed by atoms with Crippen molar-refractivity contribution < 1.29 is 31.1 Å². The molecule has 0 aromatic rings. The first-order valence-corrected chi connectivity index (χ1v) is 8.43. The monoisotopic (exact) mass is 345 g/mol. The number of alkyl halides is 3. The molecule has 1 atom stereocenters. The van der Waals surface area contributed by atoms with Gasteiger partial charge in [0, 0.05) is 18.5 Å². The highest BCUT2D eigenvalue weighted by atomic mass is 32.2. The SMILES string of the molecule is CC[C@]1(COC(=O)C(C)(C)C)CCN(S(=O)(=O)C(F)(F)F)C1. The number of carbonyl (C=O) groups is 1. The quantitative estimate of drug-likeness (QED) is 0.735. The van der Waals surface area contributed by atoms with Crippen LogP contribution in [-0.4, -0.2) is 43.9 Å². The first-order valence-electron chi connectivity index (χ1n) is 6.99. The van der Waals surface area contributed by atoms with Crippen LogP contribution in [0.5, 0.6) is 0 Å². The van der Waals surface area contributed by atoms with Crippen molar-refractivity contribution in [2.75, 3.05) is 19.7 Å². The summed E-state index contributed by atoms with van der Waals surface area (Å²) in [5, 5.41) is 0. The van der Waals surface area contributed by atoms with Crippen LogP contribution >= 0.6 is 0 Å². The van der Waals surface area contributed by atoms with Gasteiger partial charge in [0.1, 0.15) is 0 Å². The smallest absolute Gasteiger partial charge is 0.465 e. The first kappa shape index (κ1) is 19.2. The Hall–Kier alpha value is -0.830. The van der Waals surface area contributed by atoms with Gasteiger partial charge < -0.3 is 4.74 Å². The summed E-state index contributed by atoms with van der Waals surface area (Å²) >= 11 is 0. The number of halogens is 3. The number of carbonyl (C=O) groups excluding carboxylic acids is 1. The van der Waals surface area contributed by atoms with Crippen LogP contribution in [0.15, 0.2) is 0 Å². The molecule has 0 aliphatic carbocycles. The molecule has 130 valence electrons. The van der Waals surface area contributed by atoms with E-state index in [1.165, 1.54) is 0 Å². The van der Waals surface area contributed by atoms with E-state index in [2.05, 4.69) is 0 Å². The van der Waals surface area contributed by atoms with Gasteiger partial charge in [-0.1, -0.05) is 6.92 Å². The Labute approximate surface area is 128 Å². The second-order valence-electron chi connectivity index (χ2n) is 6.71. The van der Waals surface area contributed by atoms with E-state index in [-0.39, 0.29) is 26.1 Å². The van der Waals surface area contributed by atoms with E-state index < -0.39 is 32.3 Å². The van der Waals surface area contributed by atoms with E-state index in [4.69, 9.17) is 4.74 Å². The van der Waals surface area contributed by atoms with E-state index >= 15 is 0 Å². The van der Waals surface area contributed by atoms with E-state index in [9.17, 15) is 26.4 Å². The van der Waals surface area contributed by atoms with Crippen molar-refractivity contribution in [3.63, 3.8) is 0 Å². The van der Waals surface area contributed by atoms with Gasteiger partial charge in [-0.3, -0.25) is 4.79 Å². The third-order valence-electron chi connectivity index (χ3n) is 3.91. The van der Waals surface area contributed by atoms with Crippen LogP contribution in [0.2, 0.25) is 0 Å². The van der Waals surface area contributed by atoms with Crippen molar-refractivity contribution in [1.82, 2.24) is 4.31 Å². The van der Waals surface area contributed by atoms with Crippen LogP contribution in [0, 0.1) is 10.8 Å². The zero-order valence-electron chi connectivity index (χ0n) is 13.2. The van der Waals surface area contributed by atoms with Crippen LogP contribution in [0.1, 0.15) is 40.5 Å². The Kier molecular flexibility index (Phi) is 5.23. The largest absolute Gasteiger partial charge is 0.511 e. The van der Waals surface area contributed by atoms with Crippen molar-refractivity contribution in [1.29, 1.82) is 0 Å². The normalized spacial score (nSPS) is 24.5. The summed E-state index contributed by atoms with van der Waals surface area (Å²) in [7, 11) is -5.33. The molecule has 22 heavy (non-hydrogen) atoms. The first-order chi connectivity index (χ1) is 9.75. The molecular weight excluding hydrogens is 323 g/mol. The van der Waals surface area contributed by atoms with Crippen LogP contribution in [0.4, 0.5) is 13.2 Å². The molecule has 0 amide bonds. The molecular formula is C13H22F3NO4S. The highest BCUT2D eigenvalue weighted by molar-refractivity contribution is 7.90. The highest BCUT2D eigenvalue weighted by Gasteiger charge is 2.54. The number of sulfonamides is 1. The summed E-state index contributed by atoms with van der Waals surface area (Å²) in [4.78, 5) is 11.8. The summed E-state index contributed by atoms with van der Waals surface area (Å²) in [6, 6.07) is 0. The van der Waals surface area contributed by atoms with Gasteiger partial charge in [0.2, 0.25) is 0 Å². The number of hydrogen-bond acceptors (Lipinski definition) is 4. The molecule has 0 aromatic heterocycles. The van der Waals surface area contributed by atoms with Gasteiger partial charge in [0.15, 0.2) is 0 Å². The fourth-order valence-corrected chi connectivity index (χ4v) is 3.26. The Balaban J connectivity index is 2.81. The zero-order chi connectivity index (χ0) is 17.4. The second kappa shape index (κ2) is 5.99. The summed E-state index contributed by atoms with van der Waals surface area (Å²) in [6.45, 7) is 6.17. The summed E-state index contributed by atoms with van der Waals surface area (Å²) < 4.78 is 66.3. The molecule has 0 bridgehead atoms. The molecule has 0 aromatic carbocycles. The number of hydrogen-bond donors (Lipinski definition) is 0. The topological polar surface area (TPSA) is 63.7 Å². The van der Waals surface area contributed by atoms with Gasteiger partial charge in [-0.25, -0.2) is 8.42 Å². The summed E-state index contributed by atoms with van der Waals surface area (Å²) in [6.07, 6.45) is 0.657. The van der Waals surface area contributed by atoms with Crippen LogP contribution in [-0.2, 0) is 19.6 Å². The molecule has 0 N–H and O–H groups in total. The maximum absolute atomic E-state index is 12.6. The molecule has 0 saturated carbocycles. The number of ether oxygens (including phenoxy) is 1. The zero-order valence-corrected chi connectivity index (χ0v) is 14.0. The molecule has 1 rings (SSSR count). The molecule has 0 unspecified atom stereocenters. The Morgan fingerprint density at radius 2 is 1.82 bits per heavy atom. The van der Waals surface area contributed by atoms with Gasteiger partial charge in [-0.05, 0) is 33.6 Å². The minimum atomic E-state index is -5.33. The Morgan fingerprint density at radius 1 is 1.27 bits per heavy atom. The molecule has 1 saturated heterocycles. The average molecular weight is 345 g/mol. The minimum absolute atomic E-state index is 0.0799. The molecule has 1 aliphatic rings. The molecule has 1 heterocycles. The predicted molar refractivity (Wildman–Crippen MR) is 74.3 cm³/mol. The van der Waals surface area contributed by atoms with Gasteiger partial charge in [0.05, 0.1) is 12.0 Å². The number of nitrogens with zero attached hydrogens (tertiary/aromatic N) is 1. The highest BCUT2D eigenvalue weighted by Crippen LogP contribution is 2.39. The molecule has 0 spiro atoms. The molecule has 1 fully saturated rings. The fourth-order valence-electron chi connectivity index (χ4n) is 2.19. The lowest BCUT2D eigenvalue weighted by Gasteiger charge is -2.29. The van der Waals surface area contributed by atoms with Crippen molar-refractivity contribution >= 4 is 16.0 Å². The van der Waals surface area contributed by atoms with Gasteiger partial charge in [-0.2, -0.15) is 17.5 Å². The van der Waals surface area contributed by atoms with E-state index in [1.54, 1.807) is 27.7 Å². The van der Waals surface area contributed by atoms with E-state index in [1.807, 2.05) is 0 Å². The minimum Gasteiger partial charge on any atom is -0.465 e. The summed E-state index contributed by atoms with van der Waals surface area (Å²) in [5.74, 6) is -0.461. The maximum atomic E-state index is 12.6. The van der Waals surface area contributed by atoms with Gasteiger partial charge in [0.25, 0.3) is 0 Å². The molecule has 9 heteroatoms. The van der Waals surface area contributed by atoms with Crippen molar-refractivity contribution in [3.8, 4) is 0 Å². The maximum Gasteiger partial charge on any atom is 0.511 e. The average Bonchev–Trinajstić information content (AvgIpc) is 2.79. The van der Waals surface area contributed by atoms with Gasteiger partial charge in [-0.15, -0.1) is 0 Å². The van der Waals surface area contributed by atoms with Crippen LogP contribution in [0.25, 0.3) is 0 Å². The van der Waals surface area contributed by atoms with Crippen molar-refractivity contribution in [2.45, 2.75) is 46.0 Å². The summed E-state index contributed by atoms with van der Waals surface area (Å²) in [5.41, 5.74) is -6.79. The second-order valence-corrected chi connectivity index (χ2v) is 8.64. The number of esters is 1. The lowest BCUT2D eigenvalue weighted by Crippen LogP contribution is -2.41. The Morgan fingerprint density at radius 3 is 2.23 bits per heavy atom. The predicted octanol–water partition coefficient (Wildman–Crippen LogP) is 2.53. The van der Waals surface area contributed by atoms with Crippen molar-refractivity contribution in [2.24, 2.45) is 10.8 Å². The fraction of sp³-hybridized carbons (Fsp3) is 0.923. The molecule has 0 radical (unpaired) electrons. The molecule has 5 nitrogen and oxygen atoms in total. The Bertz CT molecular complexity index is 524. The van der Waals surface area contributed by atoms with Crippen LogP contribution in [0.3, 0.4) is 0 Å². The standard InChI is InChI=1S/C13H22F3NO4S/c1-5-12(9-21-10(18)11(2,3)4)6-7-17(8-12)22(19,20)13(14,15)16/h5-9H2,1-4H3/t12-/m0/s1. The van der Waals surface area contributed by atoms with Crippen LogP contribution < -0.4 is 0 Å². The third-order valence-corrected chi connectivity index (χ3v) is 5.48.